The van der Waals surface area contributed by atoms with E-state index in [4.69, 9.17) is 5.73 Å². The third kappa shape index (κ3) is 3.24. The van der Waals surface area contributed by atoms with Gasteiger partial charge in [0.05, 0.1) is 11.4 Å². The van der Waals surface area contributed by atoms with Gasteiger partial charge in [-0.15, -0.1) is 0 Å². The van der Waals surface area contributed by atoms with E-state index in [-0.39, 0.29) is 11.6 Å². The largest absolute Gasteiger partial charge is 0.395 e. The van der Waals surface area contributed by atoms with Gasteiger partial charge in [-0.3, -0.25) is 14.3 Å². The number of nitrogen functional groups attached to an aromatic ring is 1. The van der Waals surface area contributed by atoms with Crippen LogP contribution >= 0.6 is 0 Å². The standard InChI is InChI=1S/C12H21N5O2/c1-5-8-9(13)10(17(4)16-8)12(19)15-7(3)11(18)14-6-2/h7H,5-6,13H2,1-4H3,(H,14,18)(H,15,19). The molecule has 19 heavy (non-hydrogen) atoms. The number of amides is 2. The average Bonchev–Trinajstić information content (AvgIpc) is 2.64. The molecule has 0 bridgehead atoms. The molecule has 0 fully saturated rings. The molecule has 1 rings (SSSR count). The number of likely N-dealkylation sites (N-methyl/N-ethyl adjacent to an activating group) is 1. The monoisotopic (exact) mass is 267 g/mol. The van der Waals surface area contributed by atoms with Crippen LogP contribution in [0.5, 0.6) is 0 Å². The Hall–Kier alpha value is -2.05. The van der Waals surface area contributed by atoms with Crippen molar-refractivity contribution in [3.8, 4) is 0 Å². The number of carbonyl (C=O) groups excluding carboxylic acids is 2. The Labute approximate surface area is 112 Å². The zero-order valence-electron chi connectivity index (χ0n) is 11.8. The summed E-state index contributed by atoms with van der Waals surface area (Å²) in [5.41, 5.74) is 7.21. The molecule has 1 aromatic rings. The molecule has 1 unspecified atom stereocenters. The van der Waals surface area contributed by atoms with Crippen molar-refractivity contribution in [1.29, 1.82) is 0 Å². The van der Waals surface area contributed by atoms with Crippen molar-refractivity contribution in [3.05, 3.63) is 11.4 Å². The predicted molar refractivity (Wildman–Crippen MR) is 72.6 cm³/mol. The fourth-order valence-electron chi connectivity index (χ4n) is 1.78. The normalized spacial score (nSPS) is 12.0. The molecule has 0 spiro atoms. The SMILES string of the molecule is CCNC(=O)C(C)NC(=O)c1c(N)c(CC)nn1C. The van der Waals surface area contributed by atoms with E-state index < -0.39 is 11.9 Å². The number of rotatable bonds is 5. The number of hydrogen-bond acceptors (Lipinski definition) is 4. The van der Waals surface area contributed by atoms with Crippen molar-refractivity contribution in [3.63, 3.8) is 0 Å². The van der Waals surface area contributed by atoms with Gasteiger partial charge in [0, 0.05) is 13.6 Å². The minimum Gasteiger partial charge on any atom is -0.395 e. The Balaban J connectivity index is 2.84. The van der Waals surface area contributed by atoms with Gasteiger partial charge in [0.2, 0.25) is 5.91 Å². The van der Waals surface area contributed by atoms with Crippen LogP contribution in [-0.4, -0.2) is 34.2 Å². The van der Waals surface area contributed by atoms with Gasteiger partial charge in [-0.1, -0.05) is 6.92 Å². The van der Waals surface area contributed by atoms with Crippen molar-refractivity contribution < 1.29 is 9.59 Å². The van der Waals surface area contributed by atoms with Gasteiger partial charge in [-0.05, 0) is 20.3 Å². The van der Waals surface area contributed by atoms with Gasteiger partial charge in [0.1, 0.15) is 11.7 Å². The third-order valence-corrected chi connectivity index (χ3v) is 2.80. The second kappa shape index (κ2) is 6.21. The first-order valence-electron chi connectivity index (χ1n) is 6.32. The predicted octanol–water partition coefficient (Wildman–Crippen LogP) is -0.181. The van der Waals surface area contributed by atoms with Gasteiger partial charge in [0.25, 0.3) is 5.91 Å². The lowest BCUT2D eigenvalue weighted by molar-refractivity contribution is -0.122. The summed E-state index contributed by atoms with van der Waals surface area (Å²) in [6.07, 6.45) is 0.652. The minimum absolute atomic E-state index is 0.229. The maximum absolute atomic E-state index is 12.1. The van der Waals surface area contributed by atoms with Gasteiger partial charge < -0.3 is 16.4 Å². The second-order valence-electron chi connectivity index (χ2n) is 4.28. The molecular formula is C12H21N5O2. The highest BCUT2D eigenvalue weighted by Gasteiger charge is 2.22. The summed E-state index contributed by atoms with van der Waals surface area (Å²) in [6, 6.07) is -0.619. The first-order chi connectivity index (χ1) is 8.92. The fraction of sp³-hybridized carbons (Fsp3) is 0.583. The Kier molecular flexibility index (Phi) is 4.91. The highest BCUT2D eigenvalue weighted by atomic mass is 16.2. The molecule has 1 atom stereocenters. The average molecular weight is 267 g/mol. The van der Waals surface area contributed by atoms with Crippen molar-refractivity contribution in [2.45, 2.75) is 33.2 Å². The molecule has 0 radical (unpaired) electrons. The summed E-state index contributed by atoms with van der Waals surface area (Å²) in [5, 5.41) is 9.42. The zero-order valence-corrected chi connectivity index (χ0v) is 11.8. The molecule has 1 aromatic heterocycles. The summed E-state index contributed by atoms with van der Waals surface area (Å²) in [7, 11) is 1.65. The zero-order chi connectivity index (χ0) is 14.6. The molecule has 0 aliphatic carbocycles. The van der Waals surface area contributed by atoms with Crippen LogP contribution in [0.3, 0.4) is 0 Å². The van der Waals surface area contributed by atoms with Crippen LogP contribution in [-0.2, 0) is 18.3 Å². The summed E-state index contributed by atoms with van der Waals surface area (Å²) in [4.78, 5) is 23.7. The molecule has 0 aliphatic rings. The van der Waals surface area contributed by atoms with E-state index in [1.165, 1.54) is 4.68 Å². The van der Waals surface area contributed by atoms with Crippen LogP contribution in [0, 0.1) is 0 Å². The summed E-state index contributed by atoms with van der Waals surface area (Å²) >= 11 is 0. The van der Waals surface area contributed by atoms with Gasteiger partial charge in [-0.2, -0.15) is 5.10 Å². The molecule has 4 N–H and O–H groups in total. The quantitative estimate of drug-likeness (QED) is 0.688. The molecule has 2 amide bonds. The van der Waals surface area contributed by atoms with Crippen LogP contribution in [0.15, 0.2) is 0 Å². The Morgan fingerprint density at radius 2 is 2.05 bits per heavy atom. The summed E-state index contributed by atoms with van der Waals surface area (Å²) in [5.74, 6) is -0.627. The smallest absolute Gasteiger partial charge is 0.272 e. The number of aromatic nitrogens is 2. The number of hydrogen-bond donors (Lipinski definition) is 3. The number of aryl methyl sites for hydroxylation is 2. The molecule has 0 aromatic carbocycles. The van der Waals surface area contributed by atoms with Crippen molar-refractivity contribution in [2.24, 2.45) is 7.05 Å². The maximum Gasteiger partial charge on any atom is 0.272 e. The number of nitrogens with one attached hydrogen (secondary N) is 2. The van der Waals surface area contributed by atoms with Crippen molar-refractivity contribution in [1.82, 2.24) is 20.4 Å². The number of anilines is 1. The number of carbonyl (C=O) groups is 2. The topological polar surface area (TPSA) is 102 Å². The highest BCUT2D eigenvalue weighted by Crippen LogP contribution is 2.16. The van der Waals surface area contributed by atoms with E-state index in [1.807, 2.05) is 13.8 Å². The van der Waals surface area contributed by atoms with Crippen LogP contribution in [0.25, 0.3) is 0 Å². The fourth-order valence-corrected chi connectivity index (χ4v) is 1.78. The van der Waals surface area contributed by atoms with Crippen molar-refractivity contribution in [2.75, 3.05) is 12.3 Å². The van der Waals surface area contributed by atoms with Crippen LogP contribution in [0.4, 0.5) is 5.69 Å². The van der Waals surface area contributed by atoms with E-state index in [2.05, 4.69) is 15.7 Å². The molecular weight excluding hydrogens is 246 g/mol. The first kappa shape index (κ1) is 15.0. The molecule has 7 nitrogen and oxygen atoms in total. The molecule has 106 valence electrons. The third-order valence-electron chi connectivity index (χ3n) is 2.80. The van der Waals surface area contributed by atoms with Crippen molar-refractivity contribution >= 4 is 17.5 Å². The van der Waals surface area contributed by atoms with Crippen LogP contribution in [0.2, 0.25) is 0 Å². The summed E-state index contributed by atoms with van der Waals surface area (Å²) in [6.45, 7) is 5.87. The second-order valence-corrected chi connectivity index (χ2v) is 4.28. The molecule has 1 heterocycles. The highest BCUT2D eigenvalue weighted by molar-refractivity contribution is 6.00. The lowest BCUT2D eigenvalue weighted by Crippen LogP contribution is -2.45. The van der Waals surface area contributed by atoms with Gasteiger partial charge in [-0.25, -0.2) is 0 Å². The summed E-state index contributed by atoms with van der Waals surface area (Å²) < 4.78 is 1.44. The Morgan fingerprint density at radius 1 is 1.42 bits per heavy atom. The number of nitrogens with zero attached hydrogens (tertiary/aromatic N) is 2. The van der Waals surface area contributed by atoms with Crippen LogP contribution < -0.4 is 16.4 Å². The lowest BCUT2D eigenvalue weighted by atomic mass is 10.2. The van der Waals surface area contributed by atoms with E-state index in [0.717, 1.165) is 0 Å². The van der Waals surface area contributed by atoms with E-state index in [9.17, 15) is 9.59 Å². The lowest BCUT2D eigenvalue weighted by Gasteiger charge is -2.13. The number of nitrogens with two attached hydrogens (primary N) is 1. The Morgan fingerprint density at radius 3 is 2.53 bits per heavy atom. The van der Waals surface area contributed by atoms with Gasteiger partial charge >= 0.3 is 0 Å². The molecule has 0 aliphatic heterocycles. The molecule has 0 saturated heterocycles. The maximum atomic E-state index is 12.1. The molecule has 0 saturated carbocycles. The Bertz CT molecular complexity index is 481. The minimum atomic E-state index is -0.619. The van der Waals surface area contributed by atoms with E-state index in [1.54, 1.807) is 14.0 Å². The van der Waals surface area contributed by atoms with Gasteiger partial charge in [0.15, 0.2) is 0 Å². The first-order valence-corrected chi connectivity index (χ1v) is 6.32. The molecule has 7 heteroatoms. The van der Waals surface area contributed by atoms with Crippen LogP contribution in [0.1, 0.15) is 37.0 Å². The van der Waals surface area contributed by atoms with E-state index in [0.29, 0.717) is 24.3 Å². The van der Waals surface area contributed by atoms with E-state index >= 15 is 0 Å².